The summed E-state index contributed by atoms with van der Waals surface area (Å²) in [5.41, 5.74) is 2.57. The molecule has 4 aromatic rings. The van der Waals surface area contributed by atoms with Gasteiger partial charge in [-0.25, -0.2) is 9.67 Å². The maximum atomic E-state index is 12.6. The normalized spacial score (nSPS) is 14.9. The molecule has 5 rings (SSSR count). The average Bonchev–Trinajstić information content (AvgIpc) is 3.30. The van der Waals surface area contributed by atoms with Crippen LogP contribution in [0.1, 0.15) is 38.1 Å². The summed E-state index contributed by atoms with van der Waals surface area (Å²) in [7, 11) is 0. The molecule has 1 fully saturated rings. The van der Waals surface area contributed by atoms with Gasteiger partial charge in [0.05, 0.1) is 5.69 Å². The van der Waals surface area contributed by atoms with E-state index in [0.717, 1.165) is 42.4 Å². The number of benzene rings is 1. The molecule has 3 aromatic heterocycles. The summed E-state index contributed by atoms with van der Waals surface area (Å²) in [4.78, 5) is 21.8. The van der Waals surface area contributed by atoms with Crippen molar-refractivity contribution < 1.29 is 0 Å². The highest BCUT2D eigenvalue weighted by Gasteiger charge is 2.19. The van der Waals surface area contributed by atoms with Crippen LogP contribution in [-0.4, -0.2) is 24.3 Å². The Hall–Kier alpha value is -3.48. The molecule has 0 bridgehead atoms. The van der Waals surface area contributed by atoms with Crippen LogP contribution in [0.5, 0.6) is 0 Å². The van der Waals surface area contributed by atoms with Gasteiger partial charge in [0.25, 0.3) is 5.56 Å². The predicted octanol–water partition coefficient (Wildman–Crippen LogP) is 4.23. The van der Waals surface area contributed by atoms with Gasteiger partial charge in [0.2, 0.25) is 5.95 Å². The molecule has 0 aliphatic heterocycles. The van der Waals surface area contributed by atoms with Gasteiger partial charge in [0.15, 0.2) is 0 Å². The average molecular weight is 386 g/mol. The third-order valence-electron chi connectivity index (χ3n) is 5.50. The van der Waals surface area contributed by atoms with Gasteiger partial charge in [-0.1, -0.05) is 19.3 Å². The Bertz CT molecular complexity index is 1170. The van der Waals surface area contributed by atoms with Gasteiger partial charge in [0.1, 0.15) is 5.65 Å². The van der Waals surface area contributed by atoms with E-state index in [1.54, 1.807) is 29.2 Å². The summed E-state index contributed by atoms with van der Waals surface area (Å²) in [6.45, 7) is 0. The van der Waals surface area contributed by atoms with E-state index in [-0.39, 0.29) is 11.6 Å². The van der Waals surface area contributed by atoms with Crippen LogP contribution in [0.3, 0.4) is 0 Å². The van der Waals surface area contributed by atoms with Crippen LogP contribution < -0.4 is 10.9 Å². The molecule has 29 heavy (non-hydrogen) atoms. The first-order valence-corrected chi connectivity index (χ1v) is 10.0. The zero-order valence-electron chi connectivity index (χ0n) is 16.0. The summed E-state index contributed by atoms with van der Waals surface area (Å²) in [6, 6.07) is 13.4. The topological polar surface area (TPSA) is 77.6 Å². The second-order valence-corrected chi connectivity index (χ2v) is 7.43. The Morgan fingerprint density at radius 2 is 1.83 bits per heavy atom. The number of nitrogens with zero attached hydrogens (tertiary/aromatic N) is 5. The quantitative estimate of drug-likeness (QED) is 0.568. The molecule has 1 aliphatic rings. The minimum atomic E-state index is 0.0117. The van der Waals surface area contributed by atoms with Crippen LogP contribution in [0.4, 0.5) is 11.6 Å². The zero-order chi connectivity index (χ0) is 19.6. The van der Waals surface area contributed by atoms with E-state index in [9.17, 15) is 4.79 Å². The molecule has 3 heterocycles. The van der Waals surface area contributed by atoms with Crippen molar-refractivity contribution in [2.24, 2.45) is 0 Å². The SMILES string of the molecule is O=c1ccc2cnc(Nc3ccc(-n4cccn4)cc3)nc2n1C1CCCCC1. The smallest absolute Gasteiger partial charge is 0.252 e. The first-order chi connectivity index (χ1) is 14.3. The van der Waals surface area contributed by atoms with Gasteiger partial charge in [-0.05, 0) is 49.2 Å². The second-order valence-electron chi connectivity index (χ2n) is 7.43. The van der Waals surface area contributed by atoms with Crippen molar-refractivity contribution in [2.45, 2.75) is 38.1 Å². The van der Waals surface area contributed by atoms with Crippen molar-refractivity contribution in [2.75, 3.05) is 5.32 Å². The lowest BCUT2D eigenvalue weighted by molar-refractivity contribution is 0.353. The van der Waals surface area contributed by atoms with Gasteiger partial charge >= 0.3 is 0 Å². The van der Waals surface area contributed by atoms with Crippen molar-refractivity contribution in [3.63, 3.8) is 0 Å². The predicted molar refractivity (Wildman–Crippen MR) is 113 cm³/mol. The highest BCUT2D eigenvalue weighted by molar-refractivity contribution is 5.75. The van der Waals surface area contributed by atoms with Gasteiger partial charge in [-0.2, -0.15) is 10.1 Å². The Morgan fingerprint density at radius 1 is 1.00 bits per heavy atom. The monoisotopic (exact) mass is 386 g/mol. The Kier molecular flexibility index (Phi) is 4.56. The van der Waals surface area contributed by atoms with E-state index in [4.69, 9.17) is 4.98 Å². The van der Waals surface area contributed by atoms with E-state index in [0.29, 0.717) is 11.6 Å². The number of nitrogens with one attached hydrogen (secondary N) is 1. The van der Waals surface area contributed by atoms with Crippen molar-refractivity contribution in [1.82, 2.24) is 24.3 Å². The van der Waals surface area contributed by atoms with Gasteiger partial charge < -0.3 is 5.32 Å². The molecule has 0 unspecified atom stereocenters. The Labute approximate surface area is 168 Å². The summed E-state index contributed by atoms with van der Waals surface area (Å²) < 4.78 is 3.67. The Balaban J connectivity index is 1.47. The molecule has 146 valence electrons. The summed E-state index contributed by atoms with van der Waals surface area (Å²) in [6.07, 6.45) is 11.0. The molecule has 7 heteroatoms. The number of pyridine rings is 1. The lowest BCUT2D eigenvalue weighted by Gasteiger charge is -2.24. The standard InChI is InChI=1S/C22H22N6O/c29-20-12-7-16-15-23-22(26-21(16)28(20)19-5-2-1-3-6-19)25-17-8-10-18(11-9-17)27-14-4-13-24-27/h4,7-15,19H,1-3,5-6H2,(H,23,25,26). The molecular formula is C22H22N6O. The summed E-state index contributed by atoms with van der Waals surface area (Å²) >= 11 is 0. The van der Waals surface area contributed by atoms with E-state index >= 15 is 0 Å². The first-order valence-electron chi connectivity index (χ1n) is 10.0. The Morgan fingerprint density at radius 3 is 2.59 bits per heavy atom. The maximum Gasteiger partial charge on any atom is 0.252 e. The van der Waals surface area contributed by atoms with Crippen LogP contribution in [0.25, 0.3) is 16.7 Å². The largest absolute Gasteiger partial charge is 0.324 e. The fourth-order valence-electron chi connectivity index (χ4n) is 4.04. The van der Waals surface area contributed by atoms with Crippen LogP contribution in [-0.2, 0) is 0 Å². The number of fused-ring (bicyclic) bond motifs is 1. The van der Waals surface area contributed by atoms with Crippen molar-refractivity contribution in [3.05, 3.63) is 71.4 Å². The number of hydrogen-bond donors (Lipinski definition) is 1. The van der Waals surface area contributed by atoms with Gasteiger partial charge in [0, 0.05) is 41.8 Å². The van der Waals surface area contributed by atoms with Gasteiger partial charge in [-0.15, -0.1) is 0 Å². The van der Waals surface area contributed by atoms with E-state index in [1.807, 2.05) is 41.1 Å². The first kappa shape index (κ1) is 17.6. The molecule has 0 spiro atoms. The number of aromatic nitrogens is 5. The molecule has 1 saturated carbocycles. The van der Waals surface area contributed by atoms with Crippen molar-refractivity contribution in [1.29, 1.82) is 0 Å². The lowest BCUT2D eigenvalue weighted by atomic mass is 9.95. The fraction of sp³-hybridized carbons (Fsp3) is 0.273. The maximum absolute atomic E-state index is 12.6. The third-order valence-corrected chi connectivity index (χ3v) is 5.50. The van der Waals surface area contributed by atoms with E-state index in [2.05, 4.69) is 15.4 Å². The minimum absolute atomic E-state index is 0.0117. The van der Waals surface area contributed by atoms with Crippen LogP contribution in [0, 0.1) is 0 Å². The van der Waals surface area contributed by atoms with Crippen LogP contribution in [0.2, 0.25) is 0 Å². The molecule has 7 nitrogen and oxygen atoms in total. The number of anilines is 2. The minimum Gasteiger partial charge on any atom is -0.324 e. The fourth-order valence-corrected chi connectivity index (χ4v) is 4.04. The summed E-state index contributed by atoms with van der Waals surface area (Å²) in [5, 5.41) is 8.37. The number of hydrogen-bond acceptors (Lipinski definition) is 5. The summed E-state index contributed by atoms with van der Waals surface area (Å²) in [5.74, 6) is 0.486. The molecular weight excluding hydrogens is 364 g/mol. The third kappa shape index (κ3) is 3.51. The highest BCUT2D eigenvalue weighted by Crippen LogP contribution is 2.29. The van der Waals surface area contributed by atoms with Crippen molar-refractivity contribution in [3.8, 4) is 5.69 Å². The highest BCUT2D eigenvalue weighted by atomic mass is 16.1. The molecule has 1 N–H and O–H groups in total. The zero-order valence-corrected chi connectivity index (χ0v) is 16.0. The molecule has 0 radical (unpaired) electrons. The number of rotatable bonds is 4. The molecule has 1 aromatic carbocycles. The van der Waals surface area contributed by atoms with Gasteiger partial charge in [-0.3, -0.25) is 9.36 Å². The molecule has 0 amide bonds. The van der Waals surface area contributed by atoms with E-state index < -0.39 is 0 Å². The molecule has 0 atom stereocenters. The second kappa shape index (κ2) is 7.50. The van der Waals surface area contributed by atoms with E-state index in [1.165, 1.54) is 6.42 Å². The van der Waals surface area contributed by atoms with Crippen LogP contribution in [0.15, 0.2) is 65.8 Å². The van der Waals surface area contributed by atoms with Crippen molar-refractivity contribution >= 4 is 22.7 Å². The molecule has 1 aliphatic carbocycles. The lowest BCUT2D eigenvalue weighted by Crippen LogP contribution is -2.26. The van der Waals surface area contributed by atoms with Crippen LogP contribution >= 0.6 is 0 Å². The molecule has 0 saturated heterocycles.